The van der Waals surface area contributed by atoms with Gasteiger partial charge in [0.2, 0.25) is 0 Å². The van der Waals surface area contributed by atoms with E-state index in [2.05, 4.69) is 5.32 Å². The Balaban J connectivity index is 1.71. The van der Waals surface area contributed by atoms with Crippen molar-refractivity contribution in [2.75, 3.05) is 13.1 Å². The number of hydrogen-bond donors (Lipinski definition) is 2. The summed E-state index contributed by atoms with van der Waals surface area (Å²) in [5.74, 6) is 0.183. The number of ether oxygens (including phenoxy) is 1. The van der Waals surface area contributed by atoms with E-state index in [1.54, 1.807) is 18.2 Å². The van der Waals surface area contributed by atoms with Crippen LogP contribution in [0.1, 0.15) is 12.8 Å². The predicted octanol–water partition coefficient (Wildman–Crippen LogP) is 1.32. The highest BCUT2D eigenvalue weighted by atomic mass is 19.1. The summed E-state index contributed by atoms with van der Waals surface area (Å²) in [5, 5.41) is 13.5. The van der Waals surface area contributed by atoms with Gasteiger partial charge in [0, 0.05) is 25.4 Å². The summed E-state index contributed by atoms with van der Waals surface area (Å²) in [6, 6.07) is 6.42. The van der Waals surface area contributed by atoms with Gasteiger partial charge in [-0.3, -0.25) is 0 Å². The van der Waals surface area contributed by atoms with E-state index in [0.29, 0.717) is 13.0 Å². The van der Waals surface area contributed by atoms with Crippen molar-refractivity contribution in [3.63, 3.8) is 0 Å². The summed E-state index contributed by atoms with van der Waals surface area (Å²) < 4.78 is 19.1. The zero-order chi connectivity index (χ0) is 11.9. The largest absolute Gasteiger partial charge is 0.487 e. The first-order valence-corrected chi connectivity index (χ1v) is 6.02. The molecule has 0 aromatic heterocycles. The Labute approximate surface area is 99.6 Å². The second kappa shape index (κ2) is 3.96. The fourth-order valence-corrected chi connectivity index (χ4v) is 2.94. The molecule has 0 bridgehead atoms. The van der Waals surface area contributed by atoms with Crippen LogP contribution in [0.4, 0.5) is 4.39 Å². The monoisotopic (exact) mass is 237 g/mol. The number of aliphatic hydroxyl groups is 1. The number of para-hydroxylation sites is 1. The quantitative estimate of drug-likeness (QED) is 0.815. The molecule has 0 unspecified atom stereocenters. The molecule has 1 aliphatic heterocycles. The molecule has 0 amide bonds. The van der Waals surface area contributed by atoms with E-state index >= 15 is 0 Å². The van der Waals surface area contributed by atoms with E-state index in [4.69, 9.17) is 4.74 Å². The lowest BCUT2D eigenvalue weighted by atomic mass is 9.95. The molecule has 0 radical (unpaired) electrons. The first kappa shape index (κ1) is 11.0. The van der Waals surface area contributed by atoms with Crippen molar-refractivity contribution in [3.05, 3.63) is 30.1 Å². The van der Waals surface area contributed by atoms with Crippen LogP contribution in [0.5, 0.6) is 5.75 Å². The molecule has 92 valence electrons. The second-order valence-electron chi connectivity index (χ2n) is 5.04. The van der Waals surface area contributed by atoms with Crippen molar-refractivity contribution in [3.8, 4) is 5.75 Å². The molecular weight excluding hydrogens is 221 g/mol. The Morgan fingerprint density at radius 2 is 2.24 bits per heavy atom. The van der Waals surface area contributed by atoms with Gasteiger partial charge in [0.25, 0.3) is 0 Å². The zero-order valence-electron chi connectivity index (χ0n) is 9.53. The molecule has 1 aromatic rings. The van der Waals surface area contributed by atoms with Crippen LogP contribution in [0.2, 0.25) is 0 Å². The van der Waals surface area contributed by atoms with Crippen molar-refractivity contribution < 1.29 is 14.2 Å². The first-order valence-electron chi connectivity index (χ1n) is 6.02. The van der Waals surface area contributed by atoms with Crippen LogP contribution in [-0.4, -0.2) is 29.9 Å². The number of nitrogens with one attached hydrogen (secondary N) is 1. The third kappa shape index (κ3) is 1.91. The highest BCUT2D eigenvalue weighted by molar-refractivity contribution is 5.24. The van der Waals surface area contributed by atoms with Gasteiger partial charge in [-0.25, -0.2) is 4.39 Å². The Hall–Kier alpha value is -1.13. The molecule has 2 N–H and O–H groups in total. The van der Waals surface area contributed by atoms with E-state index in [1.165, 1.54) is 6.07 Å². The summed E-state index contributed by atoms with van der Waals surface area (Å²) in [6.07, 6.45) is 1.29. The van der Waals surface area contributed by atoms with Gasteiger partial charge in [0.1, 0.15) is 6.10 Å². The van der Waals surface area contributed by atoms with Crippen LogP contribution in [0.15, 0.2) is 24.3 Å². The topological polar surface area (TPSA) is 41.5 Å². The Morgan fingerprint density at radius 3 is 3.00 bits per heavy atom. The lowest BCUT2D eigenvalue weighted by Crippen LogP contribution is -2.34. The fourth-order valence-electron chi connectivity index (χ4n) is 2.94. The van der Waals surface area contributed by atoms with E-state index in [1.807, 2.05) is 0 Å². The van der Waals surface area contributed by atoms with Gasteiger partial charge in [-0.15, -0.1) is 0 Å². The SMILES string of the molecule is O[C@@]12CNC[C@@H]1C[C@@H](Oc1ccccc1F)C2. The zero-order valence-corrected chi connectivity index (χ0v) is 9.53. The van der Waals surface area contributed by atoms with Gasteiger partial charge in [0.15, 0.2) is 11.6 Å². The molecule has 1 saturated heterocycles. The molecule has 2 fully saturated rings. The minimum atomic E-state index is -0.657. The summed E-state index contributed by atoms with van der Waals surface area (Å²) in [5.41, 5.74) is -0.657. The maximum atomic E-state index is 13.4. The average Bonchev–Trinajstić information content (AvgIpc) is 2.76. The standard InChI is InChI=1S/C13H16FNO2/c14-11-3-1-2-4-12(11)17-10-5-9-7-15-8-13(9,16)6-10/h1-4,9-10,15-16H,5-8H2/t9-,10+,13-/m0/s1. The normalized spacial score (nSPS) is 35.9. The molecule has 4 heteroatoms. The van der Waals surface area contributed by atoms with Crippen molar-refractivity contribution >= 4 is 0 Å². The van der Waals surface area contributed by atoms with Gasteiger partial charge in [-0.2, -0.15) is 0 Å². The molecule has 0 spiro atoms. The lowest BCUT2D eigenvalue weighted by Gasteiger charge is -2.20. The molecule has 1 heterocycles. The molecule has 3 atom stereocenters. The van der Waals surface area contributed by atoms with Crippen LogP contribution in [0.3, 0.4) is 0 Å². The predicted molar refractivity (Wildman–Crippen MR) is 61.4 cm³/mol. The molecule has 1 aromatic carbocycles. The lowest BCUT2D eigenvalue weighted by molar-refractivity contribution is 0.0301. The van der Waals surface area contributed by atoms with Crippen LogP contribution < -0.4 is 10.1 Å². The second-order valence-corrected chi connectivity index (χ2v) is 5.04. The molecule has 3 nitrogen and oxygen atoms in total. The van der Waals surface area contributed by atoms with Gasteiger partial charge < -0.3 is 15.2 Å². The maximum Gasteiger partial charge on any atom is 0.165 e. The molecule has 3 rings (SSSR count). The summed E-state index contributed by atoms with van der Waals surface area (Å²) >= 11 is 0. The van der Waals surface area contributed by atoms with Gasteiger partial charge >= 0.3 is 0 Å². The van der Waals surface area contributed by atoms with E-state index < -0.39 is 5.60 Å². The molecule has 17 heavy (non-hydrogen) atoms. The average molecular weight is 237 g/mol. The van der Waals surface area contributed by atoms with Crippen molar-refractivity contribution in [2.45, 2.75) is 24.5 Å². The van der Waals surface area contributed by atoms with Crippen LogP contribution in [0.25, 0.3) is 0 Å². The summed E-state index contributed by atoms with van der Waals surface area (Å²) in [4.78, 5) is 0. The maximum absolute atomic E-state index is 13.4. The number of halogens is 1. The van der Waals surface area contributed by atoms with Gasteiger partial charge in [-0.1, -0.05) is 12.1 Å². The summed E-state index contributed by atoms with van der Waals surface area (Å²) in [7, 11) is 0. The third-order valence-electron chi connectivity index (χ3n) is 3.84. The van der Waals surface area contributed by atoms with Crippen LogP contribution in [0, 0.1) is 11.7 Å². The van der Waals surface area contributed by atoms with Crippen molar-refractivity contribution in [1.82, 2.24) is 5.32 Å². The first-order chi connectivity index (χ1) is 8.17. The smallest absolute Gasteiger partial charge is 0.165 e. The van der Waals surface area contributed by atoms with E-state index in [9.17, 15) is 9.50 Å². The number of fused-ring (bicyclic) bond motifs is 1. The van der Waals surface area contributed by atoms with Crippen molar-refractivity contribution in [2.24, 2.45) is 5.92 Å². The minimum absolute atomic E-state index is 0.0796. The van der Waals surface area contributed by atoms with Gasteiger partial charge in [0.05, 0.1) is 5.60 Å². The van der Waals surface area contributed by atoms with E-state index in [-0.39, 0.29) is 23.6 Å². The Kier molecular flexibility index (Phi) is 2.56. The van der Waals surface area contributed by atoms with E-state index in [0.717, 1.165) is 13.0 Å². The number of hydrogen-bond acceptors (Lipinski definition) is 3. The molecule has 1 aliphatic carbocycles. The fraction of sp³-hybridized carbons (Fsp3) is 0.538. The Bertz CT molecular complexity index is 426. The highest BCUT2D eigenvalue weighted by Crippen LogP contribution is 2.40. The van der Waals surface area contributed by atoms with Crippen LogP contribution >= 0.6 is 0 Å². The molecule has 2 aliphatic rings. The highest BCUT2D eigenvalue weighted by Gasteiger charge is 2.49. The van der Waals surface area contributed by atoms with Crippen molar-refractivity contribution in [1.29, 1.82) is 0 Å². The van der Waals surface area contributed by atoms with Crippen LogP contribution in [-0.2, 0) is 0 Å². The summed E-state index contributed by atoms with van der Waals surface area (Å²) in [6.45, 7) is 1.45. The number of β-amino-alcohol motifs (C(OH)–C–C–N with tert-alkyl or cyclic N) is 1. The Morgan fingerprint density at radius 1 is 1.41 bits per heavy atom. The molecule has 1 saturated carbocycles. The number of benzene rings is 1. The van der Waals surface area contributed by atoms with Gasteiger partial charge in [-0.05, 0) is 18.6 Å². The number of rotatable bonds is 2. The third-order valence-corrected chi connectivity index (χ3v) is 3.84. The minimum Gasteiger partial charge on any atom is -0.487 e. The molecular formula is C13H16FNO2.